The molecular weight excluding hydrogens is 481 g/mol. The van der Waals surface area contributed by atoms with Gasteiger partial charge in [-0.15, -0.1) is 0 Å². The van der Waals surface area contributed by atoms with Crippen LogP contribution in [-0.2, 0) is 4.74 Å². The molecule has 1 aliphatic heterocycles. The third-order valence-electron chi connectivity index (χ3n) is 5.81. The van der Waals surface area contributed by atoms with Gasteiger partial charge in [0.25, 0.3) is 0 Å². The second kappa shape index (κ2) is 7.92. The molecule has 2 fully saturated rings. The predicted molar refractivity (Wildman–Crippen MR) is 122 cm³/mol. The highest BCUT2D eigenvalue weighted by Crippen LogP contribution is 2.37. The van der Waals surface area contributed by atoms with Crippen molar-refractivity contribution >= 4 is 45.5 Å². The molecule has 2 aromatic rings. The first-order valence-electron chi connectivity index (χ1n) is 10.5. The number of amides is 1. The first-order valence-corrected chi connectivity index (χ1v) is 11.6. The Labute approximate surface area is 185 Å². The number of piperazine rings is 1. The highest BCUT2D eigenvalue weighted by Gasteiger charge is 2.32. The molecule has 1 saturated heterocycles. The minimum Gasteiger partial charge on any atom is -0.444 e. The molecule has 1 atom stereocenters. The van der Waals surface area contributed by atoms with Gasteiger partial charge < -0.3 is 19.1 Å². The number of ether oxygens (including phenoxy) is 1. The second-order valence-corrected chi connectivity index (χ2v) is 10.3. The van der Waals surface area contributed by atoms with E-state index in [0.717, 1.165) is 23.4 Å². The van der Waals surface area contributed by atoms with Crippen LogP contribution in [0.2, 0.25) is 0 Å². The lowest BCUT2D eigenvalue weighted by atomic mass is 10.1. The summed E-state index contributed by atoms with van der Waals surface area (Å²) >= 11 is 2.41. The SMILES string of the molecule is CC1CN(C(=O)OC(C)(C)C)CCN1c1ncnc2c1c(I)cn2C1CCCC1. The van der Waals surface area contributed by atoms with E-state index < -0.39 is 5.60 Å². The molecule has 1 saturated carbocycles. The average molecular weight is 511 g/mol. The fourth-order valence-corrected chi connectivity index (χ4v) is 5.25. The summed E-state index contributed by atoms with van der Waals surface area (Å²) in [6.07, 6.45) is 8.73. The number of hydrogen-bond acceptors (Lipinski definition) is 5. The van der Waals surface area contributed by atoms with E-state index in [1.54, 1.807) is 11.2 Å². The van der Waals surface area contributed by atoms with E-state index in [9.17, 15) is 4.79 Å². The van der Waals surface area contributed by atoms with Crippen LogP contribution in [0.25, 0.3) is 11.0 Å². The minimum absolute atomic E-state index is 0.153. The Kier molecular flexibility index (Phi) is 5.65. The monoisotopic (exact) mass is 511 g/mol. The van der Waals surface area contributed by atoms with Crippen LogP contribution in [0.1, 0.15) is 59.4 Å². The third kappa shape index (κ3) is 4.18. The standard InChI is InChI=1S/C21H30IN5O2/c1-14-11-25(20(28)29-21(2,3)4)9-10-26(14)18-17-16(22)12-27(15-7-5-6-8-15)19(17)24-13-23-18/h12-15H,5-11H2,1-4H3. The number of hydrogen-bond donors (Lipinski definition) is 0. The van der Waals surface area contributed by atoms with Gasteiger partial charge in [0.1, 0.15) is 23.4 Å². The molecule has 1 amide bonds. The molecule has 2 aromatic heterocycles. The number of rotatable bonds is 2. The number of carbonyl (C=O) groups excluding carboxylic acids is 1. The summed E-state index contributed by atoms with van der Waals surface area (Å²) in [5, 5.41) is 1.14. The minimum atomic E-state index is -0.477. The maximum absolute atomic E-state index is 12.5. The lowest BCUT2D eigenvalue weighted by molar-refractivity contribution is 0.0218. The number of aromatic nitrogens is 3. The summed E-state index contributed by atoms with van der Waals surface area (Å²) < 4.78 is 9.11. The van der Waals surface area contributed by atoms with Crippen LogP contribution in [0.3, 0.4) is 0 Å². The van der Waals surface area contributed by atoms with Crippen LogP contribution in [0.5, 0.6) is 0 Å². The molecule has 1 unspecified atom stereocenters. The maximum atomic E-state index is 12.5. The first-order chi connectivity index (χ1) is 13.7. The molecule has 0 aromatic carbocycles. The van der Waals surface area contributed by atoms with E-state index in [1.165, 1.54) is 29.3 Å². The fraction of sp³-hybridized carbons (Fsp3) is 0.667. The smallest absolute Gasteiger partial charge is 0.410 e. The topological polar surface area (TPSA) is 63.5 Å². The predicted octanol–water partition coefficient (Wildman–Crippen LogP) is 4.60. The average Bonchev–Trinajstić information content (AvgIpc) is 3.28. The summed E-state index contributed by atoms with van der Waals surface area (Å²) in [5.41, 5.74) is 0.559. The number of anilines is 1. The number of fused-ring (bicyclic) bond motifs is 1. The van der Waals surface area contributed by atoms with Gasteiger partial charge in [-0.2, -0.15) is 0 Å². The van der Waals surface area contributed by atoms with Crippen molar-refractivity contribution in [3.63, 3.8) is 0 Å². The van der Waals surface area contributed by atoms with Gasteiger partial charge in [0.05, 0.1) is 5.39 Å². The number of carbonyl (C=O) groups is 1. The largest absolute Gasteiger partial charge is 0.444 e. The molecule has 2 aliphatic rings. The zero-order chi connectivity index (χ0) is 20.8. The Morgan fingerprint density at radius 2 is 1.93 bits per heavy atom. The molecule has 0 spiro atoms. The Balaban J connectivity index is 1.58. The highest BCUT2D eigenvalue weighted by molar-refractivity contribution is 14.1. The van der Waals surface area contributed by atoms with Gasteiger partial charge in [-0.05, 0) is 63.1 Å². The van der Waals surface area contributed by atoms with Gasteiger partial charge in [0.15, 0.2) is 0 Å². The van der Waals surface area contributed by atoms with E-state index in [1.807, 2.05) is 20.8 Å². The molecule has 7 nitrogen and oxygen atoms in total. The van der Waals surface area contributed by atoms with E-state index >= 15 is 0 Å². The van der Waals surface area contributed by atoms with Gasteiger partial charge >= 0.3 is 6.09 Å². The van der Waals surface area contributed by atoms with Crippen molar-refractivity contribution in [1.82, 2.24) is 19.4 Å². The summed E-state index contributed by atoms with van der Waals surface area (Å²) in [6.45, 7) is 9.84. The lowest BCUT2D eigenvalue weighted by Gasteiger charge is -2.41. The number of nitrogens with zero attached hydrogens (tertiary/aromatic N) is 5. The van der Waals surface area contributed by atoms with Crippen LogP contribution in [-0.4, -0.2) is 56.8 Å². The van der Waals surface area contributed by atoms with E-state index in [0.29, 0.717) is 19.1 Å². The quantitative estimate of drug-likeness (QED) is 0.552. The van der Waals surface area contributed by atoms with Gasteiger partial charge in [-0.1, -0.05) is 12.8 Å². The lowest BCUT2D eigenvalue weighted by Crippen LogP contribution is -2.54. The Morgan fingerprint density at radius 1 is 1.21 bits per heavy atom. The normalized spacial score (nSPS) is 21.2. The molecule has 0 N–H and O–H groups in total. The molecule has 0 radical (unpaired) electrons. The van der Waals surface area contributed by atoms with Crippen molar-refractivity contribution in [2.75, 3.05) is 24.5 Å². The van der Waals surface area contributed by atoms with Gasteiger partial charge in [-0.25, -0.2) is 14.8 Å². The van der Waals surface area contributed by atoms with Crippen molar-refractivity contribution in [2.24, 2.45) is 0 Å². The molecule has 1 aliphatic carbocycles. The molecule has 158 valence electrons. The van der Waals surface area contributed by atoms with Crippen LogP contribution < -0.4 is 4.90 Å². The second-order valence-electron chi connectivity index (χ2n) is 9.19. The Hall–Kier alpha value is -1.58. The molecule has 3 heterocycles. The van der Waals surface area contributed by atoms with E-state index in [4.69, 9.17) is 4.74 Å². The summed E-state index contributed by atoms with van der Waals surface area (Å²) in [6, 6.07) is 0.699. The van der Waals surface area contributed by atoms with Gasteiger partial charge in [0, 0.05) is 41.5 Å². The van der Waals surface area contributed by atoms with E-state index in [-0.39, 0.29) is 12.1 Å². The molecular formula is C21H30IN5O2. The van der Waals surface area contributed by atoms with Gasteiger partial charge in [-0.3, -0.25) is 0 Å². The molecule has 0 bridgehead atoms. The van der Waals surface area contributed by atoms with Crippen LogP contribution in [0.4, 0.5) is 10.6 Å². The molecule has 8 heteroatoms. The van der Waals surface area contributed by atoms with Crippen molar-refractivity contribution < 1.29 is 9.53 Å². The summed E-state index contributed by atoms with van der Waals surface area (Å²) in [5.74, 6) is 0.979. The highest BCUT2D eigenvalue weighted by atomic mass is 127. The third-order valence-corrected chi connectivity index (χ3v) is 6.63. The van der Waals surface area contributed by atoms with Crippen molar-refractivity contribution in [2.45, 2.75) is 71.1 Å². The summed E-state index contributed by atoms with van der Waals surface area (Å²) in [4.78, 5) is 25.9. The Bertz CT molecular complexity index is 900. The van der Waals surface area contributed by atoms with Gasteiger partial charge in [0.2, 0.25) is 0 Å². The van der Waals surface area contributed by atoms with E-state index in [2.05, 4.69) is 55.1 Å². The summed E-state index contributed by atoms with van der Waals surface area (Å²) in [7, 11) is 0. The van der Waals surface area contributed by atoms with Crippen molar-refractivity contribution in [3.05, 3.63) is 16.1 Å². The van der Waals surface area contributed by atoms with Crippen molar-refractivity contribution in [3.8, 4) is 0 Å². The zero-order valence-corrected chi connectivity index (χ0v) is 19.8. The van der Waals surface area contributed by atoms with Crippen LogP contribution in [0.15, 0.2) is 12.5 Å². The van der Waals surface area contributed by atoms with Crippen LogP contribution in [0, 0.1) is 3.57 Å². The maximum Gasteiger partial charge on any atom is 0.410 e. The van der Waals surface area contributed by atoms with Crippen molar-refractivity contribution in [1.29, 1.82) is 0 Å². The first kappa shape index (κ1) is 20.7. The number of halogens is 1. The fourth-order valence-electron chi connectivity index (χ4n) is 4.47. The molecule has 29 heavy (non-hydrogen) atoms. The Morgan fingerprint density at radius 3 is 2.59 bits per heavy atom. The molecule has 4 rings (SSSR count). The zero-order valence-electron chi connectivity index (χ0n) is 17.7. The van der Waals surface area contributed by atoms with Crippen LogP contribution >= 0.6 is 22.6 Å².